The van der Waals surface area contributed by atoms with Gasteiger partial charge in [-0.1, -0.05) is 34.1 Å². The molecule has 1 rings (SSSR count). The first-order valence-corrected chi connectivity index (χ1v) is 6.27. The van der Waals surface area contributed by atoms with Crippen molar-refractivity contribution in [3.63, 3.8) is 0 Å². The first-order valence-electron chi connectivity index (χ1n) is 5.15. The van der Waals surface area contributed by atoms with Crippen LogP contribution in [0.15, 0.2) is 24.3 Å². The number of nitrogens with zero attached hydrogens (tertiary/aromatic N) is 2. The van der Waals surface area contributed by atoms with Crippen LogP contribution in [-0.2, 0) is 5.33 Å². The van der Waals surface area contributed by atoms with Gasteiger partial charge in [-0.05, 0) is 25.7 Å². The van der Waals surface area contributed by atoms with E-state index in [4.69, 9.17) is 0 Å². The fourth-order valence-corrected chi connectivity index (χ4v) is 1.94. The normalized spacial score (nSPS) is 10.7. The third-order valence-electron chi connectivity index (χ3n) is 2.43. The second kappa shape index (κ2) is 6.13. The van der Waals surface area contributed by atoms with Gasteiger partial charge < -0.3 is 9.80 Å². The van der Waals surface area contributed by atoms with Gasteiger partial charge in [0.2, 0.25) is 0 Å². The number of para-hydroxylation sites is 1. The Kier molecular flexibility index (Phi) is 5.12. The molecule has 0 atom stereocenters. The van der Waals surface area contributed by atoms with Gasteiger partial charge in [0, 0.05) is 31.2 Å². The number of benzene rings is 1. The first kappa shape index (κ1) is 12.5. The molecule has 0 unspecified atom stereocenters. The molecule has 0 aliphatic carbocycles. The minimum absolute atomic E-state index is 0.912. The number of halogens is 1. The number of hydrogen-bond acceptors (Lipinski definition) is 2. The zero-order valence-electron chi connectivity index (χ0n) is 9.70. The van der Waals surface area contributed by atoms with Crippen LogP contribution in [0.4, 0.5) is 5.69 Å². The highest BCUT2D eigenvalue weighted by atomic mass is 79.9. The van der Waals surface area contributed by atoms with E-state index in [1.807, 2.05) is 0 Å². The number of alkyl halides is 1. The maximum absolute atomic E-state index is 3.52. The second-order valence-corrected chi connectivity index (χ2v) is 4.55. The average Bonchev–Trinajstić information content (AvgIpc) is 2.25. The zero-order valence-corrected chi connectivity index (χ0v) is 11.3. The van der Waals surface area contributed by atoms with Crippen molar-refractivity contribution < 1.29 is 0 Å². The third-order valence-corrected chi connectivity index (χ3v) is 3.03. The van der Waals surface area contributed by atoms with Gasteiger partial charge in [0.15, 0.2) is 0 Å². The molecule has 0 saturated carbocycles. The fourth-order valence-electron chi connectivity index (χ4n) is 1.47. The molecule has 0 spiro atoms. The molecule has 0 bridgehead atoms. The van der Waals surface area contributed by atoms with Crippen LogP contribution in [0.5, 0.6) is 0 Å². The molecule has 1 aromatic rings. The molecule has 1 aromatic carbocycles. The van der Waals surface area contributed by atoms with Crippen molar-refractivity contribution in [1.29, 1.82) is 0 Å². The average molecular weight is 271 g/mol. The lowest BCUT2D eigenvalue weighted by molar-refractivity contribution is 0.416. The molecular weight excluding hydrogens is 252 g/mol. The SMILES string of the molecule is CN(C)CCN(C)c1ccccc1CBr. The van der Waals surface area contributed by atoms with E-state index in [0.717, 1.165) is 18.4 Å². The fraction of sp³-hybridized carbons (Fsp3) is 0.500. The molecule has 0 radical (unpaired) electrons. The minimum Gasteiger partial charge on any atom is -0.373 e. The van der Waals surface area contributed by atoms with Crippen molar-refractivity contribution in [2.24, 2.45) is 0 Å². The molecule has 0 aliphatic rings. The number of likely N-dealkylation sites (N-methyl/N-ethyl adjacent to an activating group) is 2. The molecule has 0 fully saturated rings. The summed E-state index contributed by atoms with van der Waals surface area (Å²) >= 11 is 3.52. The maximum atomic E-state index is 3.52. The van der Waals surface area contributed by atoms with Gasteiger partial charge in [-0.15, -0.1) is 0 Å². The van der Waals surface area contributed by atoms with Gasteiger partial charge in [-0.3, -0.25) is 0 Å². The summed E-state index contributed by atoms with van der Waals surface area (Å²) in [7, 11) is 6.35. The van der Waals surface area contributed by atoms with Crippen LogP contribution < -0.4 is 4.90 Å². The Bertz CT molecular complexity index is 299. The Hall–Kier alpha value is -0.540. The highest BCUT2D eigenvalue weighted by Gasteiger charge is 2.05. The Balaban J connectivity index is 2.68. The summed E-state index contributed by atoms with van der Waals surface area (Å²) in [4.78, 5) is 4.50. The van der Waals surface area contributed by atoms with Gasteiger partial charge in [-0.25, -0.2) is 0 Å². The molecule has 15 heavy (non-hydrogen) atoms. The summed E-state index contributed by atoms with van der Waals surface area (Å²) in [5, 5.41) is 0.912. The number of anilines is 1. The Labute approximate surface area is 101 Å². The predicted octanol–water partition coefficient (Wildman–Crippen LogP) is 2.58. The Morgan fingerprint density at radius 1 is 1.07 bits per heavy atom. The topological polar surface area (TPSA) is 6.48 Å². The monoisotopic (exact) mass is 270 g/mol. The van der Waals surface area contributed by atoms with Gasteiger partial charge in [0.1, 0.15) is 0 Å². The van der Waals surface area contributed by atoms with E-state index in [0.29, 0.717) is 0 Å². The van der Waals surface area contributed by atoms with Crippen LogP contribution in [-0.4, -0.2) is 39.1 Å². The van der Waals surface area contributed by atoms with E-state index >= 15 is 0 Å². The minimum atomic E-state index is 0.912. The molecule has 0 aliphatic heterocycles. The van der Waals surface area contributed by atoms with E-state index < -0.39 is 0 Å². The van der Waals surface area contributed by atoms with Crippen LogP contribution >= 0.6 is 15.9 Å². The van der Waals surface area contributed by atoms with Crippen molar-refractivity contribution in [2.75, 3.05) is 39.1 Å². The van der Waals surface area contributed by atoms with Crippen LogP contribution in [0.2, 0.25) is 0 Å². The van der Waals surface area contributed by atoms with Crippen LogP contribution in [0, 0.1) is 0 Å². The summed E-state index contributed by atoms with van der Waals surface area (Å²) in [6.45, 7) is 2.13. The van der Waals surface area contributed by atoms with E-state index in [9.17, 15) is 0 Å². The third kappa shape index (κ3) is 3.84. The summed E-state index contributed by atoms with van der Waals surface area (Å²) in [5.41, 5.74) is 2.66. The molecule has 0 N–H and O–H groups in total. The van der Waals surface area contributed by atoms with E-state index in [-0.39, 0.29) is 0 Å². The molecule has 0 heterocycles. The molecule has 0 amide bonds. The van der Waals surface area contributed by atoms with Crippen molar-refractivity contribution in [3.05, 3.63) is 29.8 Å². The molecule has 2 nitrogen and oxygen atoms in total. The van der Waals surface area contributed by atoms with Crippen molar-refractivity contribution >= 4 is 21.6 Å². The first-order chi connectivity index (χ1) is 7.15. The molecule has 84 valence electrons. The lowest BCUT2D eigenvalue weighted by Gasteiger charge is -2.23. The summed E-state index contributed by atoms with van der Waals surface area (Å²) in [5.74, 6) is 0. The molecular formula is C12H19BrN2. The quantitative estimate of drug-likeness (QED) is 0.759. The van der Waals surface area contributed by atoms with Crippen molar-refractivity contribution in [3.8, 4) is 0 Å². The standard InChI is InChI=1S/C12H19BrN2/c1-14(2)8-9-15(3)12-7-5-4-6-11(12)10-13/h4-7H,8-10H2,1-3H3. The van der Waals surface area contributed by atoms with E-state index in [2.05, 4.69) is 71.1 Å². The Morgan fingerprint density at radius 3 is 2.33 bits per heavy atom. The van der Waals surface area contributed by atoms with E-state index in [1.54, 1.807) is 0 Å². The van der Waals surface area contributed by atoms with Crippen molar-refractivity contribution in [1.82, 2.24) is 4.90 Å². The highest BCUT2D eigenvalue weighted by molar-refractivity contribution is 9.08. The van der Waals surface area contributed by atoms with Gasteiger partial charge in [-0.2, -0.15) is 0 Å². The van der Waals surface area contributed by atoms with Crippen LogP contribution in [0.25, 0.3) is 0 Å². The molecule has 0 saturated heterocycles. The van der Waals surface area contributed by atoms with Gasteiger partial charge in [0.25, 0.3) is 0 Å². The summed E-state index contributed by atoms with van der Waals surface area (Å²) in [6.07, 6.45) is 0. The van der Waals surface area contributed by atoms with Gasteiger partial charge in [0.05, 0.1) is 0 Å². The maximum Gasteiger partial charge on any atom is 0.0405 e. The number of hydrogen-bond donors (Lipinski definition) is 0. The predicted molar refractivity (Wildman–Crippen MR) is 70.9 cm³/mol. The van der Waals surface area contributed by atoms with Crippen LogP contribution in [0.1, 0.15) is 5.56 Å². The van der Waals surface area contributed by atoms with Crippen molar-refractivity contribution in [2.45, 2.75) is 5.33 Å². The highest BCUT2D eigenvalue weighted by Crippen LogP contribution is 2.21. The summed E-state index contributed by atoms with van der Waals surface area (Å²) < 4.78 is 0. The summed E-state index contributed by atoms with van der Waals surface area (Å²) in [6, 6.07) is 8.51. The molecule has 0 aromatic heterocycles. The zero-order chi connectivity index (χ0) is 11.3. The number of rotatable bonds is 5. The smallest absolute Gasteiger partial charge is 0.0405 e. The molecule has 3 heteroatoms. The van der Waals surface area contributed by atoms with Gasteiger partial charge >= 0.3 is 0 Å². The Morgan fingerprint density at radius 2 is 1.73 bits per heavy atom. The van der Waals surface area contributed by atoms with E-state index in [1.165, 1.54) is 11.3 Å². The largest absolute Gasteiger partial charge is 0.373 e. The second-order valence-electron chi connectivity index (χ2n) is 3.99. The van der Waals surface area contributed by atoms with Crippen LogP contribution in [0.3, 0.4) is 0 Å². The lowest BCUT2D eigenvalue weighted by atomic mass is 10.2. The lowest BCUT2D eigenvalue weighted by Crippen LogP contribution is -2.28.